The van der Waals surface area contributed by atoms with Crippen LogP contribution in [0.4, 0.5) is 5.00 Å². The number of amides is 1. The van der Waals surface area contributed by atoms with Gasteiger partial charge in [0.25, 0.3) is 0 Å². The van der Waals surface area contributed by atoms with Crippen LogP contribution in [-0.4, -0.2) is 39.5 Å². The summed E-state index contributed by atoms with van der Waals surface area (Å²) in [7, 11) is 3.17. The summed E-state index contributed by atoms with van der Waals surface area (Å²) in [5.41, 5.74) is 3.94. The number of hydrogen-bond donors (Lipinski definition) is 1. The Labute approximate surface area is 210 Å². The minimum Gasteiger partial charge on any atom is -0.465 e. The van der Waals surface area contributed by atoms with Gasteiger partial charge in [-0.1, -0.05) is 53.2 Å². The van der Waals surface area contributed by atoms with E-state index < -0.39 is 5.97 Å². The van der Waals surface area contributed by atoms with Crippen LogP contribution in [0.3, 0.4) is 0 Å². The maximum absolute atomic E-state index is 12.7. The van der Waals surface area contributed by atoms with Crippen molar-refractivity contribution < 1.29 is 14.3 Å². The fraction of sp³-hybridized carbons (Fsp3) is 0.167. The highest BCUT2D eigenvalue weighted by atomic mass is 35.5. The molecule has 1 amide bonds. The first-order valence-electron chi connectivity index (χ1n) is 10.2. The van der Waals surface area contributed by atoms with E-state index in [0.717, 1.165) is 22.3 Å². The Morgan fingerprint density at radius 1 is 1.09 bits per heavy atom. The summed E-state index contributed by atoms with van der Waals surface area (Å²) in [5.74, 6) is 0.0167. The standard InChI is InChI=1S/C24H21ClN4O3S2/c1-14-4-6-15(7-5-14)18-12-33-22(20(18)23(31)32-3)26-19(30)13-34-24-28-27-21(29(24)2)16-8-10-17(25)11-9-16/h4-12H,13H2,1-3H3,(H,26,30). The zero-order valence-corrected chi connectivity index (χ0v) is 21.1. The molecule has 0 atom stereocenters. The van der Waals surface area contributed by atoms with Crippen molar-refractivity contribution in [3.63, 3.8) is 0 Å². The van der Waals surface area contributed by atoms with Crippen molar-refractivity contribution in [2.75, 3.05) is 18.2 Å². The zero-order chi connectivity index (χ0) is 24.2. The zero-order valence-electron chi connectivity index (χ0n) is 18.7. The molecule has 0 radical (unpaired) electrons. The van der Waals surface area contributed by atoms with E-state index in [4.69, 9.17) is 16.3 Å². The molecule has 1 N–H and O–H groups in total. The van der Waals surface area contributed by atoms with E-state index in [1.54, 1.807) is 12.1 Å². The Balaban J connectivity index is 1.48. The number of esters is 1. The second-order valence-electron chi connectivity index (χ2n) is 7.42. The highest BCUT2D eigenvalue weighted by Crippen LogP contribution is 2.36. The molecule has 0 aliphatic heterocycles. The number of carbonyl (C=O) groups is 2. The van der Waals surface area contributed by atoms with Gasteiger partial charge >= 0.3 is 5.97 Å². The van der Waals surface area contributed by atoms with Crippen LogP contribution in [0.15, 0.2) is 59.1 Å². The molecule has 0 bridgehead atoms. The number of nitrogens with one attached hydrogen (secondary N) is 1. The maximum Gasteiger partial charge on any atom is 0.341 e. The van der Waals surface area contributed by atoms with Crippen LogP contribution in [0.5, 0.6) is 0 Å². The van der Waals surface area contributed by atoms with Gasteiger partial charge in [0.15, 0.2) is 11.0 Å². The Morgan fingerprint density at radius 3 is 2.44 bits per heavy atom. The van der Waals surface area contributed by atoms with Crippen molar-refractivity contribution in [2.45, 2.75) is 12.1 Å². The molecule has 7 nitrogen and oxygen atoms in total. The first-order valence-corrected chi connectivity index (χ1v) is 12.5. The number of thiophene rings is 1. The fourth-order valence-electron chi connectivity index (χ4n) is 3.28. The van der Waals surface area contributed by atoms with E-state index in [1.807, 2.05) is 60.3 Å². The lowest BCUT2D eigenvalue weighted by Gasteiger charge is -2.08. The summed E-state index contributed by atoms with van der Waals surface area (Å²) in [6.45, 7) is 2.00. The second-order valence-corrected chi connectivity index (χ2v) is 9.68. The van der Waals surface area contributed by atoms with E-state index >= 15 is 0 Å². The van der Waals surface area contributed by atoms with E-state index in [0.29, 0.717) is 26.6 Å². The van der Waals surface area contributed by atoms with E-state index in [9.17, 15) is 9.59 Å². The molecule has 0 unspecified atom stereocenters. The van der Waals surface area contributed by atoms with Crippen molar-refractivity contribution >= 4 is 51.6 Å². The topological polar surface area (TPSA) is 86.1 Å². The summed E-state index contributed by atoms with van der Waals surface area (Å²) in [4.78, 5) is 25.2. The number of thioether (sulfide) groups is 1. The first-order chi connectivity index (χ1) is 16.4. The molecule has 4 rings (SSSR count). The predicted molar refractivity (Wildman–Crippen MR) is 137 cm³/mol. The third-order valence-corrected chi connectivity index (χ3v) is 7.23. The number of ether oxygens (including phenoxy) is 1. The minimum atomic E-state index is -0.499. The van der Waals surface area contributed by atoms with Crippen molar-refractivity contribution in [1.82, 2.24) is 14.8 Å². The molecule has 0 saturated carbocycles. The highest BCUT2D eigenvalue weighted by Gasteiger charge is 2.22. The lowest BCUT2D eigenvalue weighted by molar-refractivity contribution is -0.113. The number of halogens is 1. The van der Waals surface area contributed by atoms with Crippen molar-refractivity contribution in [3.8, 4) is 22.5 Å². The van der Waals surface area contributed by atoms with Gasteiger partial charge in [0, 0.05) is 28.6 Å². The molecule has 10 heteroatoms. The van der Waals surface area contributed by atoms with Crippen LogP contribution >= 0.6 is 34.7 Å². The number of carbonyl (C=O) groups excluding carboxylic acids is 2. The molecule has 0 aliphatic rings. The van der Waals surface area contributed by atoms with Gasteiger partial charge < -0.3 is 14.6 Å². The molecule has 0 aliphatic carbocycles. The average molecular weight is 513 g/mol. The Hall–Kier alpha value is -3.14. The minimum absolute atomic E-state index is 0.102. The van der Waals surface area contributed by atoms with Crippen molar-refractivity contribution in [1.29, 1.82) is 0 Å². The van der Waals surface area contributed by atoms with Crippen LogP contribution in [-0.2, 0) is 16.6 Å². The third-order valence-electron chi connectivity index (χ3n) is 5.07. The van der Waals surface area contributed by atoms with Gasteiger partial charge in [-0.2, -0.15) is 0 Å². The molecular formula is C24H21ClN4O3S2. The molecule has 2 aromatic carbocycles. The highest BCUT2D eigenvalue weighted by molar-refractivity contribution is 7.99. The van der Waals surface area contributed by atoms with Gasteiger partial charge in [0.05, 0.1) is 12.9 Å². The number of aryl methyl sites for hydroxylation is 1. The van der Waals surface area contributed by atoms with Gasteiger partial charge in [-0.25, -0.2) is 4.79 Å². The number of nitrogens with zero attached hydrogens (tertiary/aromatic N) is 3. The largest absolute Gasteiger partial charge is 0.465 e. The second kappa shape index (κ2) is 10.4. The number of rotatable bonds is 7. The van der Waals surface area contributed by atoms with Gasteiger partial charge in [-0.3, -0.25) is 4.79 Å². The van der Waals surface area contributed by atoms with Crippen LogP contribution in [0.2, 0.25) is 5.02 Å². The number of aromatic nitrogens is 3. The number of methoxy groups -OCH3 is 1. The van der Waals surface area contributed by atoms with Gasteiger partial charge in [-0.05, 0) is 36.8 Å². The van der Waals surface area contributed by atoms with E-state index in [1.165, 1.54) is 30.2 Å². The number of benzene rings is 2. The van der Waals surface area contributed by atoms with Crippen molar-refractivity contribution in [2.24, 2.45) is 7.05 Å². The number of hydrogen-bond acceptors (Lipinski definition) is 7. The first kappa shape index (κ1) is 24.0. The van der Waals surface area contributed by atoms with Crippen LogP contribution in [0.25, 0.3) is 22.5 Å². The molecule has 174 valence electrons. The molecule has 0 fully saturated rings. The summed E-state index contributed by atoms with van der Waals surface area (Å²) < 4.78 is 6.80. The van der Waals surface area contributed by atoms with Crippen molar-refractivity contribution in [3.05, 3.63) is 70.1 Å². The lowest BCUT2D eigenvalue weighted by atomic mass is 10.0. The molecule has 4 aromatic rings. The third kappa shape index (κ3) is 5.16. The molecule has 2 heterocycles. The van der Waals surface area contributed by atoms with Crippen LogP contribution in [0, 0.1) is 6.92 Å². The molecule has 0 saturated heterocycles. The van der Waals surface area contributed by atoms with Gasteiger partial charge in [0.2, 0.25) is 5.91 Å². The van der Waals surface area contributed by atoms with Crippen LogP contribution < -0.4 is 5.32 Å². The monoisotopic (exact) mass is 512 g/mol. The predicted octanol–water partition coefficient (Wildman–Crippen LogP) is 5.69. The van der Waals surface area contributed by atoms with Gasteiger partial charge in [0.1, 0.15) is 10.6 Å². The van der Waals surface area contributed by atoms with E-state index in [-0.39, 0.29) is 11.7 Å². The molecule has 0 spiro atoms. The smallest absolute Gasteiger partial charge is 0.341 e. The molecular weight excluding hydrogens is 492 g/mol. The number of anilines is 1. The summed E-state index contributed by atoms with van der Waals surface area (Å²) in [6.07, 6.45) is 0. The van der Waals surface area contributed by atoms with E-state index in [2.05, 4.69) is 15.5 Å². The molecule has 2 aromatic heterocycles. The maximum atomic E-state index is 12.7. The Morgan fingerprint density at radius 2 is 1.76 bits per heavy atom. The van der Waals surface area contributed by atoms with Crippen LogP contribution in [0.1, 0.15) is 15.9 Å². The Kier molecular flexibility index (Phi) is 7.35. The SMILES string of the molecule is COC(=O)c1c(-c2ccc(C)cc2)csc1NC(=O)CSc1nnc(-c2ccc(Cl)cc2)n1C. The fourth-order valence-corrected chi connectivity index (χ4v) is 5.09. The quantitative estimate of drug-likeness (QED) is 0.253. The Bertz CT molecular complexity index is 1330. The summed E-state index contributed by atoms with van der Waals surface area (Å²) >= 11 is 8.50. The normalized spacial score (nSPS) is 10.8. The lowest BCUT2D eigenvalue weighted by Crippen LogP contribution is -2.16. The summed E-state index contributed by atoms with van der Waals surface area (Å²) in [6, 6.07) is 15.1. The molecule has 34 heavy (non-hydrogen) atoms. The average Bonchev–Trinajstić information content (AvgIpc) is 3.41. The summed E-state index contributed by atoms with van der Waals surface area (Å²) in [5, 5.41) is 14.8. The van der Waals surface area contributed by atoms with Gasteiger partial charge in [-0.15, -0.1) is 21.5 Å².